The van der Waals surface area contributed by atoms with Crippen molar-refractivity contribution < 1.29 is 9.53 Å². The van der Waals surface area contributed by atoms with E-state index in [9.17, 15) is 4.79 Å². The Morgan fingerprint density at radius 3 is 3.00 bits per heavy atom. The highest BCUT2D eigenvalue weighted by Gasteiger charge is 2.30. The first-order valence-corrected chi connectivity index (χ1v) is 7.61. The fraction of sp³-hybridized carbons (Fsp3) is 0.500. The predicted molar refractivity (Wildman–Crippen MR) is 79.2 cm³/mol. The number of para-hydroxylation sites is 1. The molecule has 1 saturated heterocycles. The number of aromatic nitrogens is 2. The van der Waals surface area contributed by atoms with Gasteiger partial charge < -0.3 is 14.6 Å². The third kappa shape index (κ3) is 2.26. The minimum Gasteiger partial charge on any atom is -0.488 e. The van der Waals surface area contributed by atoms with Crippen LogP contribution in [0.1, 0.15) is 32.2 Å². The number of nitrogens with one attached hydrogen (secondary N) is 1. The second-order valence-electron chi connectivity index (χ2n) is 6.10. The lowest BCUT2D eigenvalue weighted by molar-refractivity contribution is -0.119. The van der Waals surface area contributed by atoms with Crippen LogP contribution in [0.4, 0.5) is 0 Å². The average molecular weight is 285 g/mol. The van der Waals surface area contributed by atoms with Gasteiger partial charge in [-0.1, -0.05) is 6.07 Å². The van der Waals surface area contributed by atoms with E-state index in [1.807, 2.05) is 31.5 Å². The van der Waals surface area contributed by atoms with Gasteiger partial charge in [0.25, 0.3) is 0 Å². The normalized spacial score (nSPS) is 23.3. The molecule has 2 aliphatic rings. The molecule has 1 aromatic heterocycles. The van der Waals surface area contributed by atoms with Crippen molar-refractivity contribution in [2.24, 2.45) is 5.92 Å². The zero-order chi connectivity index (χ0) is 14.4. The quantitative estimate of drug-likeness (QED) is 0.937. The van der Waals surface area contributed by atoms with Gasteiger partial charge in [0.15, 0.2) is 0 Å². The Morgan fingerprint density at radius 1 is 1.43 bits per heavy atom. The zero-order valence-corrected chi connectivity index (χ0v) is 12.1. The first-order valence-electron chi connectivity index (χ1n) is 7.61. The van der Waals surface area contributed by atoms with Gasteiger partial charge in [-0.25, -0.2) is 4.98 Å². The number of imidazole rings is 1. The molecule has 1 N–H and O–H groups in total. The van der Waals surface area contributed by atoms with Crippen LogP contribution in [-0.4, -0.2) is 28.1 Å². The van der Waals surface area contributed by atoms with Gasteiger partial charge in [0.05, 0.1) is 11.8 Å². The lowest BCUT2D eigenvalue weighted by atomic mass is 10.0. The molecule has 1 aliphatic carbocycles. The van der Waals surface area contributed by atoms with E-state index < -0.39 is 0 Å². The van der Waals surface area contributed by atoms with E-state index in [4.69, 9.17) is 4.74 Å². The van der Waals surface area contributed by atoms with Crippen molar-refractivity contribution in [3.8, 4) is 5.75 Å². The van der Waals surface area contributed by atoms with E-state index in [2.05, 4.69) is 14.9 Å². The highest BCUT2D eigenvalue weighted by molar-refractivity contribution is 5.82. The fourth-order valence-electron chi connectivity index (χ4n) is 3.04. The number of carbonyl (C=O) groups excluding carboxylic acids is 1. The van der Waals surface area contributed by atoms with Gasteiger partial charge in [-0.2, -0.15) is 0 Å². The third-order valence-electron chi connectivity index (χ3n) is 4.48. The lowest BCUT2D eigenvalue weighted by Gasteiger charge is -2.20. The maximum Gasteiger partial charge on any atom is 0.220 e. The molecule has 5 nitrogen and oxygen atoms in total. The monoisotopic (exact) mass is 285 g/mol. The zero-order valence-electron chi connectivity index (χ0n) is 12.1. The van der Waals surface area contributed by atoms with Crippen molar-refractivity contribution in [3.63, 3.8) is 0 Å². The summed E-state index contributed by atoms with van der Waals surface area (Å²) in [7, 11) is 0. The molecule has 0 spiro atoms. The number of ether oxygens (including phenoxy) is 1. The van der Waals surface area contributed by atoms with Gasteiger partial charge >= 0.3 is 0 Å². The van der Waals surface area contributed by atoms with Crippen LogP contribution in [0.25, 0.3) is 11.0 Å². The summed E-state index contributed by atoms with van der Waals surface area (Å²) in [6.07, 6.45) is 4.92. The molecular formula is C16H19N3O2. The maximum atomic E-state index is 11.4. The molecule has 0 bridgehead atoms. The summed E-state index contributed by atoms with van der Waals surface area (Å²) in [4.78, 5) is 15.8. The Hall–Kier alpha value is -2.04. The Balaban J connectivity index is 1.63. The van der Waals surface area contributed by atoms with Crippen molar-refractivity contribution in [2.75, 3.05) is 6.54 Å². The van der Waals surface area contributed by atoms with Gasteiger partial charge in [-0.15, -0.1) is 0 Å². The maximum absolute atomic E-state index is 11.4. The van der Waals surface area contributed by atoms with Gasteiger partial charge in [0.2, 0.25) is 5.91 Å². The number of nitrogens with zero attached hydrogens (tertiary/aromatic N) is 2. The summed E-state index contributed by atoms with van der Waals surface area (Å²) in [5, 5.41) is 2.87. The SMILES string of the molecule is C[C@@H](Oc1cccc2ncn(C3CC3)c12)[C@H]1CNC(=O)C1. The van der Waals surface area contributed by atoms with Crippen LogP contribution >= 0.6 is 0 Å². The molecule has 2 atom stereocenters. The van der Waals surface area contributed by atoms with E-state index in [1.165, 1.54) is 12.8 Å². The molecule has 1 aromatic carbocycles. The number of benzene rings is 1. The van der Waals surface area contributed by atoms with Crippen LogP contribution < -0.4 is 10.1 Å². The Bertz CT molecular complexity index is 690. The molecule has 0 radical (unpaired) electrons. The molecule has 5 heteroatoms. The van der Waals surface area contributed by atoms with Gasteiger partial charge in [-0.05, 0) is 31.9 Å². The van der Waals surface area contributed by atoms with Crippen LogP contribution in [0.3, 0.4) is 0 Å². The summed E-state index contributed by atoms with van der Waals surface area (Å²) in [5.74, 6) is 1.24. The Kier molecular flexibility index (Phi) is 2.87. The number of carbonyl (C=O) groups is 1. The van der Waals surface area contributed by atoms with Crippen LogP contribution in [-0.2, 0) is 4.79 Å². The van der Waals surface area contributed by atoms with E-state index in [-0.39, 0.29) is 17.9 Å². The van der Waals surface area contributed by atoms with Crippen LogP contribution in [0.5, 0.6) is 5.75 Å². The largest absolute Gasteiger partial charge is 0.488 e. The fourth-order valence-corrected chi connectivity index (χ4v) is 3.04. The van der Waals surface area contributed by atoms with Gasteiger partial charge in [0.1, 0.15) is 17.4 Å². The summed E-state index contributed by atoms with van der Waals surface area (Å²) in [6.45, 7) is 2.75. The van der Waals surface area contributed by atoms with E-state index in [1.54, 1.807) is 0 Å². The topological polar surface area (TPSA) is 56.1 Å². The van der Waals surface area contributed by atoms with Crippen molar-refractivity contribution in [1.82, 2.24) is 14.9 Å². The van der Waals surface area contributed by atoms with Crippen LogP contribution in [0, 0.1) is 5.92 Å². The van der Waals surface area contributed by atoms with Gasteiger partial charge in [-0.3, -0.25) is 4.79 Å². The van der Waals surface area contributed by atoms with E-state index >= 15 is 0 Å². The van der Waals surface area contributed by atoms with Crippen molar-refractivity contribution in [1.29, 1.82) is 0 Å². The highest BCUT2D eigenvalue weighted by atomic mass is 16.5. The molecule has 1 aliphatic heterocycles. The average Bonchev–Trinajstić information content (AvgIpc) is 3.07. The minimum atomic E-state index is 0.0112. The molecule has 1 amide bonds. The van der Waals surface area contributed by atoms with Crippen LogP contribution in [0.2, 0.25) is 0 Å². The van der Waals surface area contributed by atoms with E-state index in [0.717, 1.165) is 16.8 Å². The number of amides is 1. The first-order chi connectivity index (χ1) is 10.2. The molecule has 2 fully saturated rings. The Labute approximate surface area is 123 Å². The summed E-state index contributed by atoms with van der Waals surface area (Å²) < 4.78 is 8.42. The first kappa shape index (κ1) is 12.7. The smallest absolute Gasteiger partial charge is 0.220 e. The standard InChI is InChI=1S/C16H19N3O2/c1-10(11-7-15(20)17-8-11)21-14-4-2-3-13-16(14)19(9-18-13)12-5-6-12/h2-4,9-12H,5-8H2,1H3,(H,17,20)/t10-,11-/m1/s1. The molecule has 0 unspecified atom stereocenters. The number of fused-ring (bicyclic) bond motifs is 1. The predicted octanol–water partition coefficient (Wildman–Crippen LogP) is 2.27. The molecule has 4 rings (SSSR count). The van der Waals surface area contributed by atoms with Gasteiger partial charge in [0, 0.05) is 24.9 Å². The molecule has 2 aromatic rings. The van der Waals surface area contributed by atoms with Crippen LogP contribution in [0.15, 0.2) is 24.5 Å². The summed E-state index contributed by atoms with van der Waals surface area (Å²) >= 11 is 0. The number of rotatable bonds is 4. The molecule has 2 heterocycles. The summed E-state index contributed by atoms with van der Waals surface area (Å²) in [6, 6.07) is 6.58. The summed E-state index contributed by atoms with van der Waals surface area (Å²) in [5.41, 5.74) is 2.07. The van der Waals surface area contributed by atoms with E-state index in [0.29, 0.717) is 19.0 Å². The Morgan fingerprint density at radius 2 is 2.29 bits per heavy atom. The molecular weight excluding hydrogens is 266 g/mol. The molecule has 110 valence electrons. The number of hydrogen-bond donors (Lipinski definition) is 1. The minimum absolute atomic E-state index is 0.0112. The second-order valence-corrected chi connectivity index (χ2v) is 6.10. The van der Waals surface area contributed by atoms with Crippen molar-refractivity contribution in [3.05, 3.63) is 24.5 Å². The lowest BCUT2D eigenvalue weighted by Crippen LogP contribution is -2.25. The third-order valence-corrected chi connectivity index (χ3v) is 4.48. The van der Waals surface area contributed by atoms with Crippen molar-refractivity contribution >= 4 is 16.9 Å². The molecule has 1 saturated carbocycles. The van der Waals surface area contributed by atoms with Crippen molar-refractivity contribution in [2.45, 2.75) is 38.3 Å². The molecule has 21 heavy (non-hydrogen) atoms. The second kappa shape index (κ2) is 4.76. The highest BCUT2D eigenvalue weighted by Crippen LogP contribution is 2.39. The number of hydrogen-bond acceptors (Lipinski definition) is 3.